The van der Waals surface area contributed by atoms with Gasteiger partial charge >= 0.3 is 0 Å². The van der Waals surface area contributed by atoms with Crippen LogP contribution in [0.1, 0.15) is 30.0 Å². The number of aryl methyl sites for hydroxylation is 1. The minimum absolute atomic E-state index is 0. The maximum atomic E-state index is 12.5. The molecule has 0 spiro atoms. The van der Waals surface area contributed by atoms with Gasteiger partial charge < -0.3 is 16.8 Å². The molecule has 6 nitrogen and oxygen atoms in total. The normalized spacial score (nSPS) is 11.5. The second-order valence-electron chi connectivity index (χ2n) is 6.65. The van der Waals surface area contributed by atoms with Gasteiger partial charge in [-0.3, -0.25) is 15.0 Å². The maximum Gasteiger partial charge on any atom is 0.223 e. The molecule has 0 saturated heterocycles. The molecule has 0 aliphatic heterocycles. The number of hydrogen-bond acceptors (Lipinski definition) is 3. The number of carbonyl (C=O) groups is 2. The number of carbonyl (C=O) groups excluding carboxylic acids is 2. The Kier molecular flexibility index (Phi) is 14.6. The molecule has 0 heterocycles. The molecular formula is C21H29Cl3N4O2. The predicted octanol–water partition coefficient (Wildman–Crippen LogP) is 3.22. The highest BCUT2D eigenvalue weighted by Crippen LogP contribution is 2.19. The number of halogens is 3. The molecule has 0 fully saturated rings. The largest absolute Gasteiger partial charge is 0.384 e. The molecule has 2 atom stereocenters. The van der Waals surface area contributed by atoms with Crippen molar-refractivity contribution in [3.8, 4) is 0 Å². The zero-order valence-electron chi connectivity index (χ0n) is 16.7. The summed E-state index contributed by atoms with van der Waals surface area (Å²) in [5.74, 6) is -1.70. The highest BCUT2D eigenvalue weighted by molar-refractivity contribution is 5.94. The summed E-state index contributed by atoms with van der Waals surface area (Å²) in [6.45, 7) is 2.07. The fourth-order valence-corrected chi connectivity index (χ4v) is 2.94. The predicted molar refractivity (Wildman–Crippen MR) is 128 cm³/mol. The van der Waals surface area contributed by atoms with Crippen LogP contribution < -0.4 is 16.8 Å². The first-order valence-corrected chi connectivity index (χ1v) is 8.92. The van der Waals surface area contributed by atoms with E-state index in [9.17, 15) is 9.59 Å². The lowest BCUT2D eigenvalue weighted by atomic mass is 9.87. The van der Waals surface area contributed by atoms with Crippen LogP contribution in [0.2, 0.25) is 0 Å². The zero-order valence-corrected chi connectivity index (χ0v) is 19.1. The molecule has 0 aromatic heterocycles. The second kappa shape index (κ2) is 14.7. The lowest BCUT2D eigenvalue weighted by Gasteiger charge is -2.20. The first kappa shape index (κ1) is 29.9. The van der Waals surface area contributed by atoms with Crippen molar-refractivity contribution in [2.75, 3.05) is 0 Å². The Morgan fingerprint density at radius 2 is 1.50 bits per heavy atom. The molecule has 1 unspecified atom stereocenters. The summed E-state index contributed by atoms with van der Waals surface area (Å²) in [5, 5.41) is 10.2. The van der Waals surface area contributed by atoms with Gasteiger partial charge in [0.15, 0.2) is 0 Å². The lowest BCUT2D eigenvalue weighted by Crippen LogP contribution is -2.39. The van der Waals surface area contributed by atoms with Crippen molar-refractivity contribution in [1.29, 1.82) is 5.41 Å². The first-order valence-electron chi connectivity index (χ1n) is 8.92. The summed E-state index contributed by atoms with van der Waals surface area (Å²) in [6.07, 6.45) is 1.22. The van der Waals surface area contributed by atoms with E-state index in [0.717, 1.165) is 11.1 Å². The van der Waals surface area contributed by atoms with Gasteiger partial charge in [-0.15, -0.1) is 37.2 Å². The average molecular weight is 476 g/mol. The van der Waals surface area contributed by atoms with E-state index in [2.05, 4.69) is 5.32 Å². The van der Waals surface area contributed by atoms with E-state index in [1.165, 1.54) is 0 Å². The van der Waals surface area contributed by atoms with Crippen LogP contribution in [0.4, 0.5) is 0 Å². The van der Waals surface area contributed by atoms with Crippen molar-refractivity contribution in [2.45, 2.75) is 26.3 Å². The third kappa shape index (κ3) is 9.03. The van der Waals surface area contributed by atoms with Crippen molar-refractivity contribution in [3.63, 3.8) is 0 Å². The minimum atomic E-state index is -0.523. The van der Waals surface area contributed by atoms with Crippen LogP contribution in [-0.4, -0.2) is 17.6 Å². The molecule has 30 heavy (non-hydrogen) atoms. The zero-order chi connectivity index (χ0) is 19.8. The monoisotopic (exact) mass is 474 g/mol. The number of hydrogen-bond donors (Lipinski definition) is 4. The summed E-state index contributed by atoms with van der Waals surface area (Å²) in [4.78, 5) is 24.3. The second-order valence-corrected chi connectivity index (χ2v) is 6.65. The van der Waals surface area contributed by atoms with Gasteiger partial charge in [0, 0.05) is 23.9 Å². The molecule has 0 saturated carbocycles. The Balaban J connectivity index is 0. The molecule has 9 heteroatoms. The van der Waals surface area contributed by atoms with E-state index in [4.69, 9.17) is 16.9 Å². The maximum absolute atomic E-state index is 12.5. The molecule has 0 radical (unpaired) electrons. The van der Waals surface area contributed by atoms with Crippen LogP contribution in [-0.2, 0) is 22.6 Å². The van der Waals surface area contributed by atoms with Gasteiger partial charge in [-0.1, -0.05) is 61.5 Å². The van der Waals surface area contributed by atoms with Crippen LogP contribution in [0.25, 0.3) is 0 Å². The molecular weight excluding hydrogens is 447 g/mol. The summed E-state index contributed by atoms with van der Waals surface area (Å²) in [5.41, 5.74) is 13.6. The number of amides is 2. The molecule has 2 aromatic carbocycles. The van der Waals surface area contributed by atoms with E-state index >= 15 is 0 Å². The van der Waals surface area contributed by atoms with Gasteiger partial charge in [0.25, 0.3) is 0 Å². The summed E-state index contributed by atoms with van der Waals surface area (Å²) in [7, 11) is 0. The number of amidine groups is 1. The van der Waals surface area contributed by atoms with Crippen molar-refractivity contribution < 1.29 is 9.59 Å². The number of benzene rings is 2. The van der Waals surface area contributed by atoms with Crippen molar-refractivity contribution in [3.05, 3.63) is 71.3 Å². The van der Waals surface area contributed by atoms with Gasteiger partial charge in [-0.2, -0.15) is 0 Å². The molecule has 2 amide bonds. The van der Waals surface area contributed by atoms with Gasteiger partial charge in [0.1, 0.15) is 5.84 Å². The van der Waals surface area contributed by atoms with Crippen molar-refractivity contribution in [1.82, 2.24) is 5.32 Å². The summed E-state index contributed by atoms with van der Waals surface area (Å²) < 4.78 is 0. The fraction of sp³-hybridized carbons (Fsp3) is 0.286. The van der Waals surface area contributed by atoms with Crippen LogP contribution >= 0.6 is 37.2 Å². The van der Waals surface area contributed by atoms with Crippen LogP contribution in [0.15, 0.2) is 54.6 Å². The van der Waals surface area contributed by atoms with Crippen molar-refractivity contribution in [2.24, 2.45) is 23.3 Å². The van der Waals surface area contributed by atoms with E-state index in [-0.39, 0.29) is 49.0 Å². The molecule has 166 valence electrons. The minimum Gasteiger partial charge on any atom is -0.384 e. The smallest absolute Gasteiger partial charge is 0.223 e. The van der Waals surface area contributed by atoms with E-state index in [1.807, 2.05) is 42.5 Å². The SMILES string of the molecule is C[C@H](C(=O)NCc1ccc(C(=N)N)cc1)C(CCc1ccccc1)C(N)=O.Cl.Cl.Cl. The Bertz CT molecular complexity index is 802. The summed E-state index contributed by atoms with van der Waals surface area (Å²) in [6, 6.07) is 16.9. The third-order valence-corrected chi connectivity index (χ3v) is 4.70. The molecule has 2 aromatic rings. The third-order valence-electron chi connectivity index (χ3n) is 4.70. The van der Waals surface area contributed by atoms with E-state index in [0.29, 0.717) is 24.9 Å². The standard InChI is InChI=1S/C21H26N4O2.3ClH/c1-14(18(20(24)26)12-9-15-5-3-2-4-6-15)21(27)25-13-16-7-10-17(11-8-16)19(22)23;;;/h2-8,10-11,14,18H,9,12-13H2,1H3,(H3,22,23)(H2,24,26)(H,25,27);3*1H/t14-,18?;;;/m0.../s1. The molecule has 2 rings (SSSR count). The van der Waals surface area contributed by atoms with Crippen LogP contribution in [0, 0.1) is 17.2 Å². The van der Waals surface area contributed by atoms with Gasteiger partial charge in [-0.25, -0.2) is 0 Å². The molecule has 0 bridgehead atoms. The van der Waals surface area contributed by atoms with Gasteiger partial charge in [-0.05, 0) is 24.0 Å². The molecule has 0 aliphatic rings. The lowest BCUT2D eigenvalue weighted by molar-refractivity contribution is -0.133. The Morgan fingerprint density at radius 3 is 2.00 bits per heavy atom. The van der Waals surface area contributed by atoms with E-state index < -0.39 is 17.7 Å². The number of rotatable bonds is 9. The topological polar surface area (TPSA) is 122 Å². The first-order chi connectivity index (χ1) is 12.9. The van der Waals surface area contributed by atoms with E-state index in [1.54, 1.807) is 19.1 Å². The number of nitrogens with two attached hydrogens (primary N) is 2. The van der Waals surface area contributed by atoms with Crippen molar-refractivity contribution >= 4 is 54.9 Å². The number of nitrogens with one attached hydrogen (secondary N) is 2. The fourth-order valence-electron chi connectivity index (χ4n) is 2.94. The quantitative estimate of drug-likeness (QED) is 0.329. The van der Waals surface area contributed by atoms with Crippen LogP contribution in [0.5, 0.6) is 0 Å². The average Bonchev–Trinajstić information content (AvgIpc) is 2.67. The number of nitrogen functional groups attached to an aromatic ring is 1. The molecule has 6 N–H and O–H groups in total. The molecule has 0 aliphatic carbocycles. The number of primary amides is 1. The summed E-state index contributed by atoms with van der Waals surface area (Å²) >= 11 is 0. The highest BCUT2D eigenvalue weighted by atomic mass is 35.5. The van der Waals surface area contributed by atoms with Crippen LogP contribution in [0.3, 0.4) is 0 Å². The van der Waals surface area contributed by atoms with Gasteiger partial charge in [0.2, 0.25) is 11.8 Å². The Morgan fingerprint density at radius 1 is 0.933 bits per heavy atom. The Hall–Kier alpha value is -2.28. The Labute approximate surface area is 195 Å². The highest BCUT2D eigenvalue weighted by Gasteiger charge is 2.28. The van der Waals surface area contributed by atoms with Gasteiger partial charge in [0.05, 0.1) is 0 Å².